The van der Waals surface area contributed by atoms with Gasteiger partial charge in [0.2, 0.25) is 0 Å². The number of halogens is 1. The molecule has 0 saturated carbocycles. The van der Waals surface area contributed by atoms with Gasteiger partial charge in [0.1, 0.15) is 11.5 Å². The fourth-order valence-electron chi connectivity index (χ4n) is 1.69. The largest absolute Gasteiger partial charge is 0.457 e. The van der Waals surface area contributed by atoms with E-state index in [0.717, 1.165) is 15.8 Å². The van der Waals surface area contributed by atoms with Gasteiger partial charge in [-0.2, -0.15) is 5.26 Å². The van der Waals surface area contributed by atoms with E-state index in [1.54, 1.807) is 24.3 Å². The minimum atomic E-state index is -0.120. The van der Waals surface area contributed by atoms with Crippen molar-refractivity contribution in [3.05, 3.63) is 58.1 Å². The number of hydrogen-bond acceptors (Lipinski definition) is 3. The molecule has 2 aromatic carbocycles. The first-order valence-electron chi connectivity index (χ1n) is 5.83. The van der Waals surface area contributed by atoms with Crippen molar-refractivity contribution in [2.45, 2.75) is 13.0 Å². The Morgan fingerprint density at radius 2 is 1.89 bits per heavy atom. The molecule has 1 unspecified atom stereocenters. The minimum Gasteiger partial charge on any atom is -0.457 e. The molecule has 0 spiro atoms. The highest BCUT2D eigenvalue weighted by atomic mass is 79.9. The Morgan fingerprint density at radius 1 is 1.21 bits per heavy atom. The molecule has 0 radical (unpaired) electrons. The second kappa shape index (κ2) is 5.87. The normalized spacial score (nSPS) is 11.7. The van der Waals surface area contributed by atoms with E-state index in [9.17, 15) is 0 Å². The molecule has 0 amide bonds. The summed E-state index contributed by atoms with van der Waals surface area (Å²) >= 11 is 3.42. The molecule has 0 bridgehead atoms. The summed E-state index contributed by atoms with van der Waals surface area (Å²) in [5.74, 6) is 1.41. The molecule has 0 saturated heterocycles. The Balaban J connectivity index is 2.30. The van der Waals surface area contributed by atoms with Gasteiger partial charge >= 0.3 is 0 Å². The maximum absolute atomic E-state index is 8.75. The van der Waals surface area contributed by atoms with Gasteiger partial charge < -0.3 is 10.5 Å². The first-order valence-corrected chi connectivity index (χ1v) is 6.62. The van der Waals surface area contributed by atoms with Crippen LogP contribution in [0.1, 0.15) is 24.1 Å². The molecular formula is C15H13BrN2O. The van der Waals surface area contributed by atoms with Gasteiger partial charge in [-0.15, -0.1) is 0 Å². The summed E-state index contributed by atoms with van der Waals surface area (Å²) in [4.78, 5) is 0. The first kappa shape index (κ1) is 13.6. The van der Waals surface area contributed by atoms with Crippen molar-refractivity contribution >= 4 is 15.9 Å². The maximum Gasteiger partial charge on any atom is 0.132 e. The third-order valence-corrected chi connectivity index (χ3v) is 3.17. The Labute approximate surface area is 120 Å². The summed E-state index contributed by atoms with van der Waals surface area (Å²) in [7, 11) is 0. The zero-order chi connectivity index (χ0) is 13.8. The average molecular weight is 317 g/mol. The molecule has 4 heteroatoms. The van der Waals surface area contributed by atoms with Crippen molar-refractivity contribution in [2.24, 2.45) is 5.73 Å². The lowest BCUT2D eigenvalue weighted by Gasteiger charge is -2.14. The van der Waals surface area contributed by atoms with Crippen LogP contribution in [-0.4, -0.2) is 0 Å². The Hall–Kier alpha value is -1.83. The fourth-order valence-corrected chi connectivity index (χ4v) is 2.07. The summed E-state index contributed by atoms with van der Waals surface area (Å²) in [5.41, 5.74) is 7.48. The number of ether oxygens (including phenoxy) is 1. The van der Waals surface area contributed by atoms with E-state index in [1.807, 2.05) is 25.1 Å². The Bertz CT molecular complexity index is 615. The molecular weight excluding hydrogens is 304 g/mol. The number of rotatable bonds is 3. The predicted octanol–water partition coefficient (Wildman–Crippen LogP) is 4.13. The van der Waals surface area contributed by atoms with Gasteiger partial charge in [-0.1, -0.05) is 15.9 Å². The molecule has 0 aromatic heterocycles. The monoisotopic (exact) mass is 316 g/mol. The molecule has 0 aliphatic rings. The smallest absolute Gasteiger partial charge is 0.132 e. The van der Waals surface area contributed by atoms with E-state index >= 15 is 0 Å². The molecule has 3 nitrogen and oxygen atoms in total. The molecule has 1 atom stereocenters. The molecule has 19 heavy (non-hydrogen) atoms. The number of nitriles is 1. The molecule has 0 heterocycles. The summed E-state index contributed by atoms with van der Waals surface area (Å²) in [5, 5.41) is 8.75. The van der Waals surface area contributed by atoms with Crippen molar-refractivity contribution < 1.29 is 4.74 Å². The quantitative estimate of drug-likeness (QED) is 0.926. The van der Waals surface area contributed by atoms with Crippen molar-refractivity contribution in [1.29, 1.82) is 5.26 Å². The van der Waals surface area contributed by atoms with Gasteiger partial charge in [0.25, 0.3) is 0 Å². The third kappa shape index (κ3) is 3.34. The van der Waals surface area contributed by atoms with Crippen LogP contribution in [-0.2, 0) is 0 Å². The van der Waals surface area contributed by atoms with Gasteiger partial charge in [0.05, 0.1) is 11.6 Å². The molecule has 0 aliphatic carbocycles. The zero-order valence-corrected chi connectivity index (χ0v) is 12.0. The van der Waals surface area contributed by atoms with Crippen LogP contribution in [0.3, 0.4) is 0 Å². The van der Waals surface area contributed by atoms with Gasteiger partial charge in [-0.3, -0.25) is 0 Å². The predicted molar refractivity (Wildman–Crippen MR) is 78.0 cm³/mol. The summed E-state index contributed by atoms with van der Waals surface area (Å²) in [6.45, 7) is 1.91. The highest BCUT2D eigenvalue weighted by Gasteiger charge is 2.09. The number of hydrogen-bond donors (Lipinski definition) is 1. The van der Waals surface area contributed by atoms with Crippen LogP contribution in [0.15, 0.2) is 46.9 Å². The Kier molecular flexibility index (Phi) is 4.20. The van der Waals surface area contributed by atoms with Gasteiger partial charge in [-0.25, -0.2) is 0 Å². The maximum atomic E-state index is 8.75. The molecule has 96 valence electrons. The van der Waals surface area contributed by atoms with E-state index in [-0.39, 0.29) is 6.04 Å². The topological polar surface area (TPSA) is 59.0 Å². The van der Waals surface area contributed by atoms with Gasteiger partial charge in [-0.05, 0) is 49.4 Å². The van der Waals surface area contributed by atoms with Crippen molar-refractivity contribution in [1.82, 2.24) is 0 Å². The van der Waals surface area contributed by atoms with Crippen LogP contribution in [0.5, 0.6) is 11.5 Å². The SMILES string of the molecule is CC(N)c1cc(Br)ccc1Oc1ccc(C#N)cc1. The summed E-state index contributed by atoms with van der Waals surface area (Å²) in [6.07, 6.45) is 0. The van der Waals surface area contributed by atoms with Crippen LogP contribution >= 0.6 is 15.9 Å². The zero-order valence-electron chi connectivity index (χ0n) is 10.4. The van der Waals surface area contributed by atoms with Crippen LogP contribution in [0.4, 0.5) is 0 Å². The lowest BCUT2D eigenvalue weighted by molar-refractivity contribution is 0.472. The van der Waals surface area contributed by atoms with E-state index in [1.165, 1.54) is 0 Å². The van der Waals surface area contributed by atoms with Gasteiger partial charge in [0, 0.05) is 16.1 Å². The lowest BCUT2D eigenvalue weighted by Crippen LogP contribution is -2.06. The standard InChI is InChI=1S/C15H13BrN2O/c1-10(18)14-8-12(16)4-7-15(14)19-13-5-2-11(9-17)3-6-13/h2-8,10H,18H2,1H3. The number of nitrogens with two attached hydrogens (primary N) is 1. The van der Waals surface area contributed by atoms with Crippen molar-refractivity contribution in [2.75, 3.05) is 0 Å². The Morgan fingerprint density at radius 3 is 2.47 bits per heavy atom. The number of nitrogens with zero attached hydrogens (tertiary/aromatic N) is 1. The first-order chi connectivity index (χ1) is 9.10. The molecule has 2 N–H and O–H groups in total. The van der Waals surface area contributed by atoms with Crippen LogP contribution in [0, 0.1) is 11.3 Å². The minimum absolute atomic E-state index is 0.120. The second-order valence-electron chi connectivity index (χ2n) is 4.21. The molecule has 2 rings (SSSR count). The highest BCUT2D eigenvalue weighted by molar-refractivity contribution is 9.10. The van der Waals surface area contributed by atoms with Crippen LogP contribution < -0.4 is 10.5 Å². The van der Waals surface area contributed by atoms with Gasteiger partial charge in [0.15, 0.2) is 0 Å². The lowest BCUT2D eigenvalue weighted by atomic mass is 10.1. The second-order valence-corrected chi connectivity index (χ2v) is 5.12. The summed E-state index contributed by atoms with van der Waals surface area (Å²) in [6, 6.07) is 14.7. The van der Waals surface area contributed by atoms with E-state index in [0.29, 0.717) is 11.3 Å². The van der Waals surface area contributed by atoms with E-state index in [2.05, 4.69) is 22.0 Å². The summed E-state index contributed by atoms with van der Waals surface area (Å²) < 4.78 is 6.78. The molecule has 0 aliphatic heterocycles. The van der Waals surface area contributed by atoms with E-state index < -0.39 is 0 Å². The van der Waals surface area contributed by atoms with Crippen molar-refractivity contribution in [3.63, 3.8) is 0 Å². The molecule has 2 aromatic rings. The average Bonchev–Trinajstić information content (AvgIpc) is 2.41. The highest BCUT2D eigenvalue weighted by Crippen LogP contribution is 2.31. The fraction of sp³-hybridized carbons (Fsp3) is 0.133. The number of benzene rings is 2. The van der Waals surface area contributed by atoms with Crippen molar-refractivity contribution in [3.8, 4) is 17.6 Å². The van der Waals surface area contributed by atoms with Crippen LogP contribution in [0.2, 0.25) is 0 Å². The van der Waals surface area contributed by atoms with Crippen LogP contribution in [0.25, 0.3) is 0 Å². The third-order valence-electron chi connectivity index (χ3n) is 2.67. The molecule has 0 fully saturated rings. The van der Waals surface area contributed by atoms with E-state index in [4.69, 9.17) is 15.7 Å².